The van der Waals surface area contributed by atoms with Crippen molar-refractivity contribution in [1.82, 2.24) is 10.2 Å². The highest BCUT2D eigenvalue weighted by Gasteiger charge is 2.29. The molecule has 0 saturated carbocycles. The van der Waals surface area contributed by atoms with Crippen LogP contribution in [-0.4, -0.2) is 29.1 Å². The normalized spacial score (nSPS) is 17.4. The average Bonchev–Trinajstić information content (AvgIpc) is 3.24. The van der Waals surface area contributed by atoms with Crippen LogP contribution < -0.4 is 10.6 Å². The lowest BCUT2D eigenvalue weighted by Gasteiger charge is -2.33. The molecular weight excluding hydrogens is 358 g/mol. The first-order valence-electron chi connectivity index (χ1n) is 8.24. The zero-order valence-corrected chi connectivity index (χ0v) is 16.1. The zero-order chi connectivity index (χ0) is 16.9. The second-order valence-electron chi connectivity index (χ2n) is 6.07. The minimum atomic E-state index is 0.212. The van der Waals surface area contributed by atoms with Crippen molar-refractivity contribution in [3.05, 3.63) is 51.7 Å². The molecule has 2 heterocycles. The van der Waals surface area contributed by atoms with Crippen molar-refractivity contribution in [2.75, 3.05) is 18.4 Å². The third-order valence-electron chi connectivity index (χ3n) is 4.32. The number of rotatable bonds is 5. The predicted octanol–water partition coefficient (Wildman–Crippen LogP) is 4.91. The summed E-state index contributed by atoms with van der Waals surface area (Å²) in [5.41, 5.74) is 0.831. The monoisotopic (exact) mass is 379 g/mol. The van der Waals surface area contributed by atoms with E-state index in [1.165, 1.54) is 17.7 Å². The van der Waals surface area contributed by atoms with Gasteiger partial charge in [0.25, 0.3) is 0 Å². The highest BCUT2D eigenvalue weighted by Crippen LogP contribution is 2.31. The van der Waals surface area contributed by atoms with Gasteiger partial charge < -0.3 is 10.6 Å². The molecule has 0 aliphatic carbocycles. The van der Waals surface area contributed by atoms with Crippen LogP contribution >= 0.6 is 35.2 Å². The molecule has 2 N–H and O–H groups in total. The van der Waals surface area contributed by atoms with Gasteiger partial charge in [0.05, 0.1) is 16.8 Å². The summed E-state index contributed by atoms with van der Waals surface area (Å²) in [5.74, 6) is 0. The Morgan fingerprint density at radius 2 is 1.96 bits per heavy atom. The molecule has 1 aliphatic heterocycles. The van der Waals surface area contributed by atoms with Crippen molar-refractivity contribution in [2.45, 2.75) is 31.8 Å². The maximum Gasteiger partial charge on any atom is 0.171 e. The van der Waals surface area contributed by atoms with Gasteiger partial charge in [-0.3, -0.25) is 4.90 Å². The van der Waals surface area contributed by atoms with Crippen molar-refractivity contribution in [3.8, 4) is 0 Å². The Balaban J connectivity index is 1.68. The van der Waals surface area contributed by atoms with Gasteiger partial charge in [-0.2, -0.15) is 0 Å². The van der Waals surface area contributed by atoms with E-state index in [1.807, 2.05) is 35.6 Å². The van der Waals surface area contributed by atoms with E-state index in [9.17, 15) is 0 Å². The van der Waals surface area contributed by atoms with Crippen molar-refractivity contribution in [2.24, 2.45) is 0 Å². The Morgan fingerprint density at radius 1 is 1.21 bits per heavy atom. The van der Waals surface area contributed by atoms with Crippen LogP contribution in [0, 0.1) is 0 Å². The van der Waals surface area contributed by atoms with E-state index in [0.29, 0.717) is 16.2 Å². The summed E-state index contributed by atoms with van der Waals surface area (Å²) >= 11 is 13.5. The van der Waals surface area contributed by atoms with Gasteiger partial charge in [-0.05, 0) is 68.7 Å². The molecule has 1 aliphatic rings. The molecule has 0 amide bonds. The molecule has 0 unspecified atom stereocenters. The summed E-state index contributed by atoms with van der Waals surface area (Å²) in [5, 5.41) is 10.1. The van der Waals surface area contributed by atoms with Gasteiger partial charge in [0.2, 0.25) is 0 Å². The van der Waals surface area contributed by atoms with E-state index in [-0.39, 0.29) is 6.04 Å². The molecule has 0 bridgehead atoms. The van der Waals surface area contributed by atoms with E-state index >= 15 is 0 Å². The van der Waals surface area contributed by atoms with Gasteiger partial charge in [0.1, 0.15) is 0 Å². The topological polar surface area (TPSA) is 27.3 Å². The first kappa shape index (κ1) is 17.7. The number of nitrogens with zero attached hydrogens (tertiary/aromatic N) is 1. The van der Waals surface area contributed by atoms with Crippen molar-refractivity contribution < 1.29 is 0 Å². The molecule has 2 atom stereocenters. The van der Waals surface area contributed by atoms with Gasteiger partial charge in [-0.15, -0.1) is 11.3 Å². The quantitative estimate of drug-likeness (QED) is 0.721. The summed E-state index contributed by atoms with van der Waals surface area (Å²) in [7, 11) is 0. The Kier molecular flexibility index (Phi) is 6.11. The van der Waals surface area contributed by atoms with Crippen LogP contribution in [0.2, 0.25) is 5.02 Å². The predicted molar refractivity (Wildman–Crippen MR) is 108 cm³/mol. The summed E-state index contributed by atoms with van der Waals surface area (Å²) in [4.78, 5) is 3.94. The summed E-state index contributed by atoms with van der Waals surface area (Å²) < 4.78 is 0. The van der Waals surface area contributed by atoms with Crippen LogP contribution in [-0.2, 0) is 0 Å². The zero-order valence-electron chi connectivity index (χ0n) is 13.7. The van der Waals surface area contributed by atoms with Crippen LogP contribution in [0.5, 0.6) is 0 Å². The summed E-state index contributed by atoms with van der Waals surface area (Å²) in [6.45, 7) is 4.50. The molecule has 2 aromatic rings. The second kappa shape index (κ2) is 8.30. The fourth-order valence-electron chi connectivity index (χ4n) is 3.23. The van der Waals surface area contributed by atoms with Crippen LogP contribution in [0.1, 0.15) is 30.7 Å². The Labute approximate surface area is 158 Å². The fraction of sp³-hybridized carbons (Fsp3) is 0.389. The highest BCUT2D eigenvalue weighted by atomic mass is 35.5. The van der Waals surface area contributed by atoms with Gasteiger partial charge in [-0.1, -0.05) is 29.8 Å². The van der Waals surface area contributed by atoms with Crippen LogP contribution in [0.3, 0.4) is 0 Å². The lowest BCUT2D eigenvalue weighted by molar-refractivity contribution is 0.214. The number of para-hydroxylation sites is 1. The second-order valence-corrected chi connectivity index (χ2v) is 7.87. The molecule has 3 rings (SSSR count). The molecule has 3 nitrogen and oxygen atoms in total. The van der Waals surface area contributed by atoms with Crippen molar-refractivity contribution >= 4 is 46.0 Å². The fourth-order valence-corrected chi connectivity index (χ4v) is 4.67. The standard InChI is InChI=1S/C18H22ClN3S2/c1-13(20-18(23)21-15-8-3-2-7-14(15)19)17(16-9-6-12-24-16)22-10-4-5-11-22/h2-3,6-9,12-13,17H,4-5,10-11H2,1H3,(H2,20,21,23)/t13-,17+/m0/s1. The van der Waals surface area contributed by atoms with E-state index in [0.717, 1.165) is 18.8 Å². The first-order valence-corrected chi connectivity index (χ1v) is 9.91. The molecule has 1 fully saturated rings. The van der Waals surface area contributed by atoms with Gasteiger partial charge in [-0.25, -0.2) is 0 Å². The largest absolute Gasteiger partial charge is 0.358 e. The van der Waals surface area contributed by atoms with Gasteiger partial charge in [0, 0.05) is 10.9 Å². The molecular formula is C18H22ClN3S2. The molecule has 1 aromatic carbocycles. The number of benzene rings is 1. The number of thiophene rings is 1. The van der Waals surface area contributed by atoms with Crippen molar-refractivity contribution in [1.29, 1.82) is 0 Å². The number of thiocarbonyl (C=S) groups is 1. The lowest BCUT2D eigenvalue weighted by Crippen LogP contribution is -2.45. The van der Waals surface area contributed by atoms with E-state index in [2.05, 4.69) is 40.0 Å². The van der Waals surface area contributed by atoms with Crippen LogP contribution in [0.25, 0.3) is 0 Å². The van der Waals surface area contributed by atoms with E-state index in [1.54, 1.807) is 0 Å². The smallest absolute Gasteiger partial charge is 0.171 e. The molecule has 0 spiro atoms. The van der Waals surface area contributed by atoms with Crippen LogP contribution in [0.15, 0.2) is 41.8 Å². The highest BCUT2D eigenvalue weighted by molar-refractivity contribution is 7.80. The SMILES string of the molecule is C[C@H](NC(=S)Nc1ccccc1Cl)[C@H](c1cccs1)N1CCCC1. The minimum absolute atomic E-state index is 0.212. The maximum atomic E-state index is 6.20. The third kappa shape index (κ3) is 4.28. The minimum Gasteiger partial charge on any atom is -0.358 e. The molecule has 0 radical (unpaired) electrons. The number of nitrogens with one attached hydrogen (secondary N) is 2. The number of anilines is 1. The summed E-state index contributed by atoms with van der Waals surface area (Å²) in [6.07, 6.45) is 2.55. The number of halogens is 1. The average molecular weight is 380 g/mol. The lowest BCUT2D eigenvalue weighted by atomic mass is 10.1. The molecule has 24 heavy (non-hydrogen) atoms. The summed E-state index contributed by atoms with van der Waals surface area (Å²) in [6, 6.07) is 12.5. The Bertz CT molecular complexity index is 669. The van der Waals surface area contributed by atoms with Crippen LogP contribution in [0.4, 0.5) is 5.69 Å². The van der Waals surface area contributed by atoms with Gasteiger partial charge in [0.15, 0.2) is 5.11 Å². The maximum absolute atomic E-state index is 6.20. The Morgan fingerprint density at radius 3 is 2.62 bits per heavy atom. The first-order chi connectivity index (χ1) is 11.6. The van der Waals surface area contributed by atoms with Gasteiger partial charge >= 0.3 is 0 Å². The third-order valence-corrected chi connectivity index (χ3v) is 5.82. The van der Waals surface area contributed by atoms with E-state index < -0.39 is 0 Å². The molecule has 1 aromatic heterocycles. The van der Waals surface area contributed by atoms with E-state index in [4.69, 9.17) is 23.8 Å². The molecule has 1 saturated heterocycles. The molecule has 128 valence electrons. The number of hydrogen-bond donors (Lipinski definition) is 2. The van der Waals surface area contributed by atoms with Crippen molar-refractivity contribution in [3.63, 3.8) is 0 Å². The number of likely N-dealkylation sites (tertiary alicyclic amines) is 1. The molecule has 6 heteroatoms. The number of hydrogen-bond acceptors (Lipinski definition) is 3. The Hall–Kier alpha value is -1.14.